The molecule has 0 radical (unpaired) electrons. The van der Waals surface area contributed by atoms with Gasteiger partial charge in [-0.15, -0.1) is 0 Å². The van der Waals surface area contributed by atoms with Gasteiger partial charge in [0, 0.05) is 5.57 Å². The van der Waals surface area contributed by atoms with Gasteiger partial charge >= 0.3 is 0 Å². The molecule has 1 aliphatic rings. The predicted molar refractivity (Wildman–Crippen MR) is 56.6 cm³/mol. The quantitative estimate of drug-likeness (QED) is 0.685. The highest BCUT2D eigenvalue weighted by molar-refractivity contribution is 6.49. The Bertz CT molecular complexity index is 474. The SMILES string of the molecule is CC(C#N)=C(Cl)c1ccc2c(c1)OCO2. The van der Waals surface area contributed by atoms with Crippen molar-refractivity contribution in [3.63, 3.8) is 0 Å². The lowest BCUT2D eigenvalue weighted by Crippen LogP contribution is -1.92. The molecule has 0 atom stereocenters. The van der Waals surface area contributed by atoms with Gasteiger partial charge in [0.05, 0.1) is 11.1 Å². The largest absolute Gasteiger partial charge is 0.454 e. The van der Waals surface area contributed by atoms with Crippen LogP contribution >= 0.6 is 11.6 Å². The van der Waals surface area contributed by atoms with Crippen LogP contribution in [0.3, 0.4) is 0 Å². The van der Waals surface area contributed by atoms with Gasteiger partial charge in [-0.3, -0.25) is 0 Å². The molecule has 0 bridgehead atoms. The molecule has 15 heavy (non-hydrogen) atoms. The third kappa shape index (κ3) is 1.77. The van der Waals surface area contributed by atoms with Crippen LogP contribution in [-0.2, 0) is 0 Å². The maximum atomic E-state index is 8.71. The van der Waals surface area contributed by atoms with E-state index >= 15 is 0 Å². The monoisotopic (exact) mass is 221 g/mol. The third-order valence-corrected chi connectivity index (χ3v) is 2.62. The van der Waals surface area contributed by atoms with E-state index in [2.05, 4.69) is 0 Å². The van der Waals surface area contributed by atoms with Crippen LogP contribution < -0.4 is 9.47 Å². The number of nitrogens with zero attached hydrogens (tertiary/aromatic N) is 1. The summed E-state index contributed by atoms with van der Waals surface area (Å²) in [7, 11) is 0. The lowest BCUT2D eigenvalue weighted by Gasteiger charge is -2.02. The Hall–Kier alpha value is -1.66. The number of allylic oxidation sites excluding steroid dienone is 1. The van der Waals surface area contributed by atoms with Crippen LogP contribution in [0.2, 0.25) is 0 Å². The first kappa shape index (κ1) is 9.88. The minimum Gasteiger partial charge on any atom is -0.454 e. The third-order valence-electron chi connectivity index (χ3n) is 2.12. The Kier molecular flexibility index (Phi) is 2.53. The normalized spacial score (nSPS) is 14.5. The van der Waals surface area contributed by atoms with E-state index < -0.39 is 0 Å². The van der Waals surface area contributed by atoms with Gasteiger partial charge in [0.25, 0.3) is 0 Å². The van der Waals surface area contributed by atoms with Crippen LogP contribution in [0.4, 0.5) is 0 Å². The minimum atomic E-state index is 0.233. The van der Waals surface area contributed by atoms with Crippen molar-refractivity contribution in [2.75, 3.05) is 6.79 Å². The Morgan fingerprint density at radius 1 is 1.40 bits per heavy atom. The van der Waals surface area contributed by atoms with E-state index in [0.29, 0.717) is 22.1 Å². The molecule has 0 unspecified atom stereocenters. The standard InChI is InChI=1S/C11H8ClNO2/c1-7(5-13)11(12)8-2-3-9-10(4-8)15-6-14-9/h2-4H,6H2,1H3. The van der Waals surface area contributed by atoms with Crippen molar-refractivity contribution in [1.82, 2.24) is 0 Å². The van der Waals surface area contributed by atoms with Crippen LogP contribution in [0.5, 0.6) is 11.5 Å². The molecular formula is C11H8ClNO2. The highest BCUT2D eigenvalue weighted by Crippen LogP contribution is 2.35. The van der Waals surface area contributed by atoms with Gasteiger partial charge in [-0.2, -0.15) is 5.26 Å². The summed E-state index contributed by atoms with van der Waals surface area (Å²) in [5, 5.41) is 9.15. The molecule has 1 heterocycles. The zero-order chi connectivity index (χ0) is 10.8. The first-order valence-corrected chi connectivity index (χ1v) is 4.76. The van der Waals surface area contributed by atoms with Crippen molar-refractivity contribution < 1.29 is 9.47 Å². The molecule has 1 aromatic carbocycles. The van der Waals surface area contributed by atoms with Crippen LogP contribution in [0.25, 0.3) is 5.03 Å². The number of ether oxygens (including phenoxy) is 2. The fourth-order valence-electron chi connectivity index (χ4n) is 1.30. The Morgan fingerprint density at radius 3 is 2.87 bits per heavy atom. The smallest absolute Gasteiger partial charge is 0.231 e. The van der Waals surface area contributed by atoms with Crippen molar-refractivity contribution in [3.05, 3.63) is 29.3 Å². The highest BCUT2D eigenvalue weighted by atomic mass is 35.5. The lowest BCUT2D eigenvalue weighted by molar-refractivity contribution is 0.174. The van der Waals surface area contributed by atoms with Crippen molar-refractivity contribution in [2.45, 2.75) is 6.92 Å². The lowest BCUT2D eigenvalue weighted by atomic mass is 10.1. The van der Waals surface area contributed by atoms with Gasteiger partial charge in [-0.05, 0) is 30.7 Å². The number of rotatable bonds is 1. The predicted octanol–water partition coefficient (Wildman–Crippen LogP) is 2.91. The summed E-state index contributed by atoms with van der Waals surface area (Å²) in [4.78, 5) is 0. The van der Waals surface area contributed by atoms with Crippen molar-refractivity contribution in [3.8, 4) is 17.6 Å². The summed E-state index contributed by atoms with van der Waals surface area (Å²) in [6, 6.07) is 7.36. The Balaban J connectivity index is 2.44. The van der Waals surface area contributed by atoms with E-state index in [1.807, 2.05) is 6.07 Å². The summed E-state index contributed by atoms with van der Waals surface area (Å²) in [6.07, 6.45) is 0. The second kappa shape index (κ2) is 3.84. The number of hydrogen-bond donors (Lipinski definition) is 0. The summed E-state index contributed by atoms with van der Waals surface area (Å²) in [5.74, 6) is 1.37. The first-order chi connectivity index (χ1) is 7.22. The Morgan fingerprint density at radius 2 is 2.13 bits per heavy atom. The van der Waals surface area contributed by atoms with E-state index in [0.717, 1.165) is 5.56 Å². The van der Waals surface area contributed by atoms with Crippen LogP contribution in [0.1, 0.15) is 12.5 Å². The molecule has 76 valence electrons. The molecule has 4 heteroatoms. The average molecular weight is 222 g/mol. The minimum absolute atomic E-state index is 0.233. The summed E-state index contributed by atoms with van der Waals surface area (Å²) < 4.78 is 10.4. The second-order valence-electron chi connectivity index (χ2n) is 3.12. The zero-order valence-corrected chi connectivity index (χ0v) is 8.84. The zero-order valence-electron chi connectivity index (χ0n) is 8.08. The van der Waals surface area contributed by atoms with Crippen LogP contribution in [0.15, 0.2) is 23.8 Å². The van der Waals surface area contributed by atoms with E-state index in [1.54, 1.807) is 25.1 Å². The number of benzene rings is 1. The van der Waals surface area contributed by atoms with Gasteiger partial charge in [0.15, 0.2) is 11.5 Å². The second-order valence-corrected chi connectivity index (χ2v) is 3.50. The number of hydrogen-bond acceptors (Lipinski definition) is 3. The first-order valence-electron chi connectivity index (χ1n) is 4.39. The average Bonchev–Trinajstić information content (AvgIpc) is 2.73. The maximum absolute atomic E-state index is 8.71. The summed E-state index contributed by atoms with van der Waals surface area (Å²) in [5.41, 5.74) is 1.25. The summed E-state index contributed by atoms with van der Waals surface area (Å²) in [6.45, 7) is 1.91. The maximum Gasteiger partial charge on any atom is 0.231 e. The molecule has 0 fully saturated rings. The highest BCUT2D eigenvalue weighted by Gasteiger charge is 2.14. The molecule has 0 spiro atoms. The molecule has 0 aliphatic carbocycles. The van der Waals surface area contributed by atoms with Crippen molar-refractivity contribution in [2.24, 2.45) is 0 Å². The fourth-order valence-corrected chi connectivity index (χ4v) is 1.46. The van der Waals surface area contributed by atoms with E-state index in [4.69, 9.17) is 26.3 Å². The Labute approximate surface area is 92.5 Å². The molecule has 0 aromatic heterocycles. The molecule has 3 nitrogen and oxygen atoms in total. The number of halogens is 1. The van der Waals surface area contributed by atoms with Gasteiger partial charge in [0.1, 0.15) is 0 Å². The van der Waals surface area contributed by atoms with Gasteiger partial charge in [-0.25, -0.2) is 0 Å². The van der Waals surface area contributed by atoms with E-state index in [9.17, 15) is 0 Å². The molecule has 0 saturated heterocycles. The van der Waals surface area contributed by atoms with E-state index in [-0.39, 0.29) is 6.79 Å². The summed E-state index contributed by atoms with van der Waals surface area (Å²) >= 11 is 6.02. The topological polar surface area (TPSA) is 42.2 Å². The van der Waals surface area contributed by atoms with Crippen molar-refractivity contribution >= 4 is 16.6 Å². The number of nitriles is 1. The van der Waals surface area contributed by atoms with E-state index in [1.165, 1.54) is 0 Å². The molecular weight excluding hydrogens is 214 g/mol. The van der Waals surface area contributed by atoms with Gasteiger partial charge in [-0.1, -0.05) is 11.6 Å². The fraction of sp³-hybridized carbons (Fsp3) is 0.182. The molecule has 1 aliphatic heterocycles. The van der Waals surface area contributed by atoms with Gasteiger partial charge < -0.3 is 9.47 Å². The molecule has 0 amide bonds. The molecule has 0 saturated carbocycles. The van der Waals surface area contributed by atoms with Crippen molar-refractivity contribution in [1.29, 1.82) is 5.26 Å². The molecule has 1 aromatic rings. The van der Waals surface area contributed by atoms with Gasteiger partial charge in [0.2, 0.25) is 6.79 Å². The number of fused-ring (bicyclic) bond motifs is 1. The van der Waals surface area contributed by atoms with Crippen LogP contribution in [-0.4, -0.2) is 6.79 Å². The molecule has 2 rings (SSSR count). The van der Waals surface area contributed by atoms with Crippen LogP contribution in [0, 0.1) is 11.3 Å². The molecule has 0 N–H and O–H groups in total.